The average molecular weight is 195 g/mol. The van der Waals surface area contributed by atoms with E-state index >= 15 is 0 Å². The largest absolute Gasteiger partial charge is 0.388 e. The molecule has 1 rings (SSSR count). The van der Waals surface area contributed by atoms with Crippen molar-refractivity contribution in [2.75, 3.05) is 7.11 Å². The highest BCUT2D eigenvalue weighted by molar-refractivity contribution is 5.18. The predicted molar refractivity (Wildman–Crippen MR) is 55.0 cm³/mol. The summed E-state index contributed by atoms with van der Waals surface area (Å²) in [6, 6.07) is 1.94. The van der Waals surface area contributed by atoms with Crippen molar-refractivity contribution in [1.82, 2.24) is 4.98 Å². The van der Waals surface area contributed by atoms with Gasteiger partial charge in [-0.2, -0.15) is 0 Å². The van der Waals surface area contributed by atoms with E-state index < -0.39 is 6.10 Å². The minimum atomic E-state index is -0.489. The smallest absolute Gasteiger partial charge is 0.0829 e. The summed E-state index contributed by atoms with van der Waals surface area (Å²) >= 11 is 0. The zero-order valence-corrected chi connectivity index (χ0v) is 8.90. The third kappa shape index (κ3) is 3.09. The number of rotatable bonds is 4. The van der Waals surface area contributed by atoms with Gasteiger partial charge in [-0.05, 0) is 25.0 Å². The third-order valence-electron chi connectivity index (χ3n) is 2.24. The van der Waals surface area contributed by atoms with Gasteiger partial charge in [-0.3, -0.25) is 4.98 Å². The number of aliphatic hydroxyl groups excluding tert-OH is 1. The molecule has 2 atom stereocenters. The van der Waals surface area contributed by atoms with E-state index in [-0.39, 0.29) is 6.10 Å². The average Bonchev–Trinajstić information content (AvgIpc) is 2.17. The molecular weight excluding hydrogens is 178 g/mol. The molecule has 0 amide bonds. The molecular formula is C11H17NO2. The molecule has 0 fully saturated rings. The van der Waals surface area contributed by atoms with Crippen LogP contribution in [0.25, 0.3) is 0 Å². The van der Waals surface area contributed by atoms with Crippen molar-refractivity contribution in [3.8, 4) is 0 Å². The Labute approximate surface area is 84.7 Å². The Morgan fingerprint density at radius 3 is 2.79 bits per heavy atom. The van der Waals surface area contributed by atoms with Gasteiger partial charge in [0.2, 0.25) is 0 Å². The summed E-state index contributed by atoms with van der Waals surface area (Å²) in [6.45, 7) is 3.90. The molecule has 0 radical (unpaired) electrons. The van der Waals surface area contributed by atoms with Gasteiger partial charge in [0.15, 0.2) is 0 Å². The summed E-state index contributed by atoms with van der Waals surface area (Å²) in [7, 11) is 1.64. The quantitative estimate of drug-likeness (QED) is 0.797. The van der Waals surface area contributed by atoms with Crippen LogP contribution in [0.5, 0.6) is 0 Å². The first kappa shape index (κ1) is 11.1. The number of aromatic nitrogens is 1. The van der Waals surface area contributed by atoms with Crippen LogP contribution in [0.4, 0.5) is 0 Å². The van der Waals surface area contributed by atoms with Gasteiger partial charge < -0.3 is 9.84 Å². The fourth-order valence-electron chi connectivity index (χ4n) is 1.31. The summed E-state index contributed by atoms with van der Waals surface area (Å²) in [5.74, 6) is 0. The number of aryl methyl sites for hydroxylation is 1. The van der Waals surface area contributed by atoms with Crippen molar-refractivity contribution < 1.29 is 9.84 Å². The highest BCUT2D eigenvalue weighted by Crippen LogP contribution is 2.18. The second-order valence-corrected chi connectivity index (χ2v) is 3.59. The highest BCUT2D eigenvalue weighted by atomic mass is 16.5. The maximum absolute atomic E-state index is 9.83. The molecule has 0 saturated heterocycles. The Morgan fingerprint density at radius 1 is 1.50 bits per heavy atom. The van der Waals surface area contributed by atoms with E-state index in [1.165, 1.54) is 0 Å². The lowest BCUT2D eigenvalue weighted by atomic mass is 10.0. The van der Waals surface area contributed by atoms with Crippen molar-refractivity contribution >= 4 is 0 Å². The van der Waals surface area contributed by atoms with E-state index in [2.05, 4.69) is 4.98 Å². The molecule has 0 aliphatic heterocycles. The van der Waals surface area contributed by atoms with Crippen LogP contribution in [0.3, 0.4) is 0 Å². The van der Waals surface area contributed by atoms with Crippen LogP contribution in [0, 0.1) is 6.92 Å². The number of hydrogen-bond acceptors (Lipinski definition) is 3. The molecule has 0 aromatic carbocycles. The molecule has 3 heteroatoms. The second kappa shape index (κ2) is 5.08. The maximum Gasteiger partial charge on any atom is 0.0829 e. The first-order valence-corrected chi connectivity index (χ1v) is 4.76. The summed E-state index contributed by atoms with van der Waals surface area (Å²) in [5.41, 5.74) is 1.92. The van der Waals surface area contributed by atoms with Crippen LogP contribution in [0.1, 0.15) is 30.6 Å². The number of pyridine rings is 1. The lowest BCUT2D eigenvalue weighted by Crippen LogP contribution is -2.11. The van der Waals surface area contributed by atoms with Crippen molar-refractivity contribution in [1.29, 1.82) is 0 Å². The molecule has 1 N–H and O–H groups in total. The summed E-state index contributed by atoms with van der Waals surface area (Å²) in [5, 5.41) is 9.83. The molecule has 1 aromatic heterocycles. The fourth-order valence-corrected chi connectivity index (χ4v) is 1.31. The van der Waals surface area contributed by atoms with Gasteiger partial charge in [0.25, 0.3) is 0 Å². The molecule has 3 nitrogen and oxygen atoms in total. The lowest BCUT2D eigenvalue weighted by molar-refractivity contribution is 0.0558. The Bertz CT molecular complexity index is 288. The first-order chi connectivity index (χ1) is 6.63. The predicted octanol–water partition coefficient (Wildman–Crippen LogP) is 1.85. The Kier molecular flexibility index (Phi) is 4.04. The fraction of sp³-hybridized carbons (Fsp3) is 0.545. The van der Waals surface area contributed by atoms with Gasteiger partial charge in [-0.1, -0.05) is 6.07 Å². The molecule has 1 heterocycles. The van der Waals surface area contributed by atoms with Crippen molar-refractivity contribution in [3.05, 3.63) is 29.6 Å². The van der Waals surface area contributed by atoms with Crippen LogP contribution in [-0.2, 0) is 4.74 Å². The second-order valence-electron chi connectivity index (χ2n) is 3.59. The standard InChI is InChI=1S/C11H17NO2/c1-8-4-10(7-12-6-8)11(13)5-9(2)14-3/h4,6-7,9,11,13H,5H2,1-3H3. The molecule has 78 valence electrons. The van der Waals surface area contributed by atoms with E-state index in [1.54, 1.807) is 19.5 Å². The molecule has 2 unspecified atom stereocenters. The summed E-state index contributed by atoms with van der Waals surface area (Å²) in [4.78, 5) is 4.04. The molecule has 0 bridgehead atoms. The number of methoxy groups -OCH3 is 1. The molecule has 0 aliphatic rings. The normalized spacial score (nSPS) is 15.1. The Hall–Kier alpha value is -0.930. The summed E-state index contributed by atoms with van der Waals surface area (Å²) < 4.78 is 5.09. The van der Waals surface area contributed by atoms with E-state index in [0.29, 0.717) is 6.42 Å². The van der Waals surface area contributed by atoms with Gasteiger partial charge in [-0.25, -0.2) is 0 Å². The van der Waals surface area contributed by atoms with E-state index in [1.807, 2.05) is 19.9 Å². The molecule has 1 aromatic rings. The van der Waals surface area contributed by atoms with Gasteiger partial charge >= 0.3 is 0 Å². The van der Waals surface area contributed by atoms with Crippen LogP contribution in [0.15, 0.2) is 18.5 Å². The minimum absolute atomic E-state index is 0.0607. The van der Waals surface area contributed by atoms with Gasteiger partial charge in [0, 0.05) is 25.9 Å². The van der Waals surface area contributed by atoms with Crippen LogP contribution in [0.2, 0.25) is 0 Å². The number of hydrogen-bond donors (Lipinski definition) is 1. The van der Waals surface area contributed by atoms with Crippen LogP contribution >= 0.6 is 0 Å². The third-order valence-corrected chi connectivity index (χ3v) is 2.24. The molecule has 0 saturated carbocycles. The zero-order valence-electron chi connectivity index (χ0n) is 8.90. The van der Waals surface area contributed by atoms with E-state index in [0.717, 1.165) is 11.1 Å². The SMILES string of the molecule is COC(C)CC(O)c1cncc(C)c1. The van der Waals surface area contributed by atoms with Gasteiger partial charge in [-0.15, -0.1) is 0 Å². The molecule has 0 aliphatic carbocycles. The van der Waals surface area contributed by atoms with Crippen LogP contribution in [-0.4, -0.2) is 23.3 Å². The maximum atomic E-state index is 9.83. The summed E-state index contributed by atoms with van der Waals surface area (Å²) in [6.07, 6.45) is 3.64. The van der Waals surface area contributed by atoms with Crippen molar-refractivity contribution in [2.45, 2.75) is 32.5 Å². The minimum Gasteiger partial charge on any atom is -0.388 e. The number of nitrogens with zero attached hydrogens (tertiary/aromatic N) is 1. The van der Waals surface area contributed by atoms with E-state index in [4.69, 9.17) is 4.74 Å². The van der Waals surface area contributed by atoms with Gasteiger partial charge in [0.1, 0.15) is 0 Å². The monoisotopic (exact) mass is 195 g/mol. The topological polar surface area (TPSA) is 42.4 Å². The van der Waals surface area contributed by atoms with E-state index in [9.17, 15) is 5.11 Å². The Balaban J connectivity index is 2.64. The molecule has 0 spiro atoms. The highest BCUT2D eigenvalue weighted by Gasteiger charge is 2.12. The lowest BCUT2D eigenvalue weighted by Gasteiger charge is -2.15. The first-order valence-electron chi connectivity index (χ1n) is 4.76. The van der Waals surface area contributed by atoms with Crippen molar-refractivity contribution in [2.24, 2.45) is 0 Å². The van der Waals surface area contributed by atoms with Crippen molar-refractivity contribution in [3.63, 3.8) is 0 Å². The Morgan fingerprint density at radius 2 is 2.21 bits per heavy atom. The molecule has 14 heavy (non-hydrogen) atoms. The zero-order chi connectivity index (χ0) is 10.6. The number of ether oxygens (including phenoxy) is 1. The van der Waals surface area contributed by atoms with Crippen LogP contribution < -0.4 is 0 Å². The van der Waals surface area contributed by atoms with Gasteiger partial charge in [0.05, 0.1) is 12.2 Å². The number of aliphatic hydroxyl groups is 1.